The van der Waals surface area contributed by atoms with Crippen LogP contribution in [0.3, 0.4) is 0 Å². The van der Waals surface area contributed by atoms with Crippen molar-refractivity contribution in [2.75, 3.05) is 14.1 Å². The van der Waals surface area contributed by atoms with Gasteiger partial charge in [0.15, 0.2) is 11.2 Å². The fourth-order valence-electron chi connectivity index (χ4n) is 1.50. The molecule has 0 radical (unpaired) electrons. The summed E-state index contributed by atoms with van der Waals surface area (Å²) in [6.07, 6.45) is 3.05. The van der Waals surface area contributed by atoms with Crippen molar-refractivity contribution in [3.8, 4) is 0 Å². The Hall–Kier alpha value is -1.87. The van der Waals surface area contributed by atoms with E-state index in [1.165, 1.54) is 16.2 Å². The van der Waals surface area contributed by atoms with Crippen molar-refractivity contribution < 1.29 is 0 Å². The summed E-state index contributed by atoms with van der Waals surface area (Å²) in [5, 5.41) is 1.48. The van der Waals surface area contributed by atoms with Crippen molar-refractivity contribution in [1.29, 1.82) is 0 Å². The minimum atomic E-state index is -0.319. The molecule has 2 aromatic heterocycles. The maximum Gasteiger partial charge on any atom is 0.282 e. The zero-order chi connectivity index (χ0) is 15.6. The third-order valence-corrected chi connectivity index (χ3v) is 3.38. The van der Waals surface area contributed by atoms with Crippen molar-refractivity contribution >= 4 is 53.6 Å². The molecule has 0 amide bonds. The molecule has 0 N–H and O–H groups in total. The molecule has 0 aliphatic heterocycles. The topological polar surface area (TPSA) is 76.3 Å². The molecule has 2 heterocycles. The Balaban J connectivity index is 2.66. The van der Waals surface area contributed by atoms with Gasteiger partial charge in [0.05, 0.1) is 18.2 Å². The third-order valence-electron chi connectivity index (χ3n) is 2.56. The smallest absolute Gasteiger partial charge is 0.282 e. The highest BCUT2D eigenvalue weighted by Gasteiger charge is 2.11. The first kappa shape index (κ1) is 15.5. The molecule has 0 unspecified atom stereocenters. The average Bonchev–Trinajstić information content (AvgIpc) is 2.48. The van der Waals surface area contributed by atoms with E-state index in [-0.39, 0.29) is 22.7 Å². The summed E-state index contributed by atoms with van der Waals surface area (Å²) >= 11 is 8.21. The lowest BCUT2D eigenvalue weighted by atomic mass is 10.4. The van der Waals surface area contributed by atoms with Crippen molar-refractivity contribution in [2.45, 2.75) is 0 Å². The Morgan fingerprint density at radius 3 is 2.76 bits per heavy atom. The van der Waals surface area contributed by atoms with Gasteiger partial charge in [0.2, 0.25) is 5.95 Å². The lowest BCUT2D eigenvalue weighted by molar-refractivity contribution is 0.641. The van der Waals surface area contributed by atoms with E-state index < -0.39 is 0 Å². The summed E-state index contributed by atoms with van der Waals surface area (Å²) < 4.78 is 1.32. The van der Waals surface area contributed by atoms with E-state index in [2.05, 4.69) is 45.2 Å². The lowest BCUT2D eigenvalue weighted by Crippen LogP contribution is -2.20. The number of hydrogen-bond donors (Lipinski definition) is 2. The molecule has 0 aromatic carbocycles. The predicted octanol–water partition coefficient (Wildman–Crippen LogP) is 1.10. The van der Waals surface area contributed by atoms with Crippen LogP contribution in [0.5, 0.6) is 0 Å². The molecule has 0 fully saturated rings. The molecule has 21 heavy (non-hydrogen) atoms. The van der Waals surface area contributed by atoms with Crippen LogP contribution in [0.2, 0.25) is 0 Å². The number of nitrogens with zero attached hydrogens (tertiary/aromatic N) is 6. The number of aliphatic imine (C=N–C) groups is 1. The van der Waals surface area contributed by atoms with Gasteiger partial charge in [-0.1, -0.05) is 0 Å². The molecule has 2 rings (SSSR count). The van der Waals surface area contributed by atoms with E-state index in [9.17, 15) is 4.79 Å². The van der Waals surface area contributed by atoms with E-state index in [0.717, 1.165) is 0 Å². The molecule has 0 atom stereocenters. The predicted molar refractivity (Wildman–Crippen MR) is 90.4 cm³/mol. The molecule has 0 aliphatic carbocycles. The van der Waals surface area contributed by atoms with Crippen LogP contribution in [0.1, 0.15) is 5.69 Å². The highest BCUT2D eigenvalue weighted by Crippen LogP contribution is 2.17. The van der Waals surface area contributed by atoms with Crippen LogP contribution in [-0.4, -0.2) is 44.9 Å². The van der Waals surface area contributed by atoms with E-state index in [1.54, 1.807) is 18.3 Å². The van der Waals surface area contributed by atoms with Gasteiger partial charge in [-0.3, -0.25) is 9.36 Å². The molecule has 0 saturated carbocycles. The Bertz CT molecular complexity index is 796. The van der Waals surface area contributed by atoms with Crippen LogP contribution >= 0.6 is 25.3 Å². The van der Waals surface area contributed by atoms with Crippen LogP contribution in [-0.2, 0) is 7.05 Å². The van der Waals surface area contributed by atoms with Crippen molar-refractivity contribution in [2.24, 2.45) is 12.0 Å². The first-order valence-corrected chi connectivity index (χ1v) is 6.88. The zero-order valence-corrected chi connectivity index (χ0v) is 13.5. The second kappa shape index (κ2) is 6.27. The van der Waals surface area contributed by atoms with Crippen LogP contribution in [0.4, 0.5) is 5.95 Å². The van der Waals surface area contributed by atoms with Gasteiger partial charge in [-0.2, -0.15) is 17.6 Å². The Kier molecular flexibility index (Phi) is 4.63. The number of fused-ring (bicyclic) bond motifs is 1. The number of hydrogen-bond acceptors (Lipinski definition) is 7. The molecule has 7 nitrogen and oxygen atoms in total. The molecule has 0 saturated heterocycles. The van der Waals surface area contributed by atoms with Crippen LogP contribution in [0.15, 0.2) is 21.4 Å². The summed E-state index contributed by atoms with van der Waals surface area (Å²) in [5.41, 5.74) is 0.554. The highest BCUT2D eigenvalue weighted by atomic mass is 32.1. The van der Waals surface area contributed by atoms with Crippen molar-refractivity contribution in [1.82, 2.24) is 24.4 Å². The Morgan fingerprint density at radius 1 is 1.43 bits per heavy atom. The number of aromatic nitrogens is 4. The minimum Gasteiger partial charge on any atom is -0.369 e. The largest absolute Gasteiger partial charge is 0.369 e. The maximum absolute atomic E-state index is 12.3. The fourth-order valence-corrected chi connectivity index (χ4v) is 1.74. The van der Waals surface area contributed by atoms with Crippen LogP contribution < -0.4 is 5.56 Å². The van der Waals surface area contributed by atoms with Crippen LogP contribution in [0, 0.1) is 0 Å². The van der Waals surface area contributed by atoms with E-state index in [0.29, 0.717) is 10.6 Å². The SMILES string of the molecule is CN(C)/C=N/c1nc2ncc(/C(S)=C/S)nc2c(=O)n1C. The van der Waals surface area contributed by atoms with Crippen molar-refractivity contribution in [3.63, 3.8) is 0 Å². The molecule has 2 aromatic rings. The molecule has 0 spiro atoms. The second-order valence-corrected chi connectivity index (χ2v) is 5.17. The van der Waals surface area contributed by atoms with Gasteiger partial charge in [0.25, 0.3) is 5.56 Å². The molecule has 9 heteroatoms. The van der Waals surface area contributed by atoms with E-state index in [4.69, 9.17) is 0 Å². The monoisotopic (exact) mass is 322 g/mol. The molecular weight excluding hydrogens is 308 g/mol. The van der Waals surface area contributed by atoms with E-state index >= 15 is 0 Å². The second-order valence-electron chi connectivity index (χ2n) is 4.43. The quantitative estimate of drug-likeness (QED) is 0.503. The summed E-state index contributed by atoms with van der Waals surface area (Å²) in [5.74, 6) is 0.263. The van der Waals surface area contributed by atoms with Gasteiger partial charge >= 0.3 is 0 Å². The normalized spacial score (nSPS) is 12.3. The zero-order valence-electron chi connectivity index (χ0n) is 11.7. The summed E-state index contributed by atoms with van der Waals surface area (Å²) in [6, 6.07) is 0. The first-order chi connectivity index (χ1) is 9.93. The van der Waals surface area contributed by atoms with Gasteiger partial charge in [0, 0.05) is 26.0 Å². The lowest BCUT2D eigenvalue weighted by Gasteiger charge is -2.07. The fraction of sp³-hybridized carbons (Fsp3) is 0.250. The molecule has 110 valence electrons. The van der Waals surface area contributed by atoms with Gasteiger partial charge in [-0.15, -0.1) is 12.6 Å². The van der Waals surface area contributed by atoms with Gasteiger partial charge in [0.1, 0.15) is 0 Å². The van der Waals surface area contributed by atoms with Gasteiger partial charge in [-0.05, 0) is 5.41 Å². The number of rotatable bonds is 3. The molecule has 0 aliphatic rings. The van der Waals surface area contributed by atoms with Gasteiger partial charge in [-0.25, -0.2) is 15.0 Å². The Labute approximate surface area is 132 Å². The molecule has 0 bridgehead atoms. The summed E-state index contributed by atoms with van der Waals surface area (Å²) in [4.78, 5) is 31.3. The first-order valence-electron chi connectivity index (χ1n) is 5.92. The standard InChI is InChI=1S/C12H14N6OS2/c1-17(2)6-14-12-16-10-9(11(19)18(12)3)15-7(4-13-10)8(21)5-20/h4-6,20-21H,1-3H3/b8-5-,14-6+. The average molecular weight is 322 g/mol. The van der Waals surface area contributed by atoms with E-state index in [1.807, 2.05) is 14.1 Å². The summed E-state index contributed by atoms with van der Waals surface area (Å²) in [7, 11) is 5.24. The summed E-state index contributed by atoms with van der Waals surface area (Å²) in [6.45, 7) is 0. The van der Waals surface area contributed by atoms with Crippen LogP contribution in [0.25, 0.3) is 16.1 Å². The van der Waals surface area contributed by atoms with Crippen molar-refractivity contribution in [3.05, 3.63) is 27.7 Å². The Morgan fingerprint density at radius 2 is 2.14 bits per heavy atom. The number of thiol groups is 2. The minimum absolute atomic E-state index is 0.167. The van der Waals surface area contributed by atoms with Gasteiger partial charge < -0.3 is 4.90 Å². The molecular formula is C12H14N6OS2. The highest BCUT2D eigenvalue weighted by molar-refractivity contribution is 7.92. The third kappa shape index (κ3) is 3.24. The maximum atomic E-state index is 12.3.